The Morgan fingerprint density at radius 2 is 2.14 bits per heavy atom. The summed E-state index contributed by atoms with van der Waals surface area (Å²) in [7, 11) is 0. The second-order valence-corrected chi connectivity index (χ2v) is 5.27. The first-order valence-electron chi connectivity index (χ1n) is 7.33. The van der Waals surface area contributed by atoms with Crippen molar-refractivity contribution >= 4 is 6.03 Å². The number of likely N-dealkylation sites (tertiary alicyclic amines) is 1. The van der Waals surface area contributed by atoms with Gasteiger partial charge in [0.25, 0.3) is 0 Å². The maximum absolute atomic E-state index is 12.1. The maximum Gasteiger partial charge on any atom is 0.317 e. The third-order valence-corrected chi connectivity index (χ3v) is 3.69. The van der Waals surface area contributed by atoms with Gasteiger partial charge in [-0.3, -0.25) is 4.98 Å². The Kier molecular flexibility index (Phi) is 4.19. The number of aromatic nitrogens is 1. The van der Waals surface area contributed by atoms with Crippen LogP contribution in [0.3, 0.4) is 0 Å². The van der Waals surface area contributed by atoms with E-state index in [0.717, 1.165) is 42.8 Å². The van der Waals surface area contributed by atoms with Crippen molar-refractivity contribution < 1.29 is 9.21 Å². The van der Waals surface area contributed by atoms with Crippen molar-refractivity contribution in [3.8, 4) is 11.3 Å². The first-order chi connectivity index (χ1) is 10.3. The minimum Gasteiger partial charge on any atom is -0.464 e. The van der Waals surface area contributed by atoms with E-state index in [0.29, 0.717) is 6.54 Å². The van der Waals surface area contributed by atoms with Crippen LogP contribution in [-0.4, -0.2) is 29.0 Å². The molecule has 0 spiro atoms. The van der Waals surface area contributed by atoms with E-state index in [1.165, 1.54) is 6.42 Å². The SMILES string of the molecule is O=C(NCc1cncc(-c2ccco2)c1)N1CCCCC1. The lowest BCUT2D eigenvalue weighted by Gasteiger charge is -2.26. The summed E-state index contributed by atoms with van der Waals surface area (Å²) >= 11 is 0. The van der Waals surface area contributed by atoms with Crippen LogP contribution in [0.1, 0.15) is 24.8 Å². The molecule has 2 amide bonds. The zero-order valence-corrected chi connectivity index (χ0v) is 11.9. The van der Waals surface area contributed by atoms with E-state index in [-0.39, 0.29) is 6.03 Å². The first-order valence-corrected chi connectivity index (χ1v) is 7.33. The molecule has 0 aliphatic carbocycles. The number of urea groups is 1. The van der Waals surface area contributed by atoms with Gasteiger partial charge in [0.05, 0.1) is 6.26 Å². The van der Waals surface area contributed by atoms with Crippen molar-refractivity contribution in [2.45, 2.75) is 25.8 Å². The average Bonchev–Trinajstić information content (AvgIpc) is 3.08. The standard InChI is InChI=1S/C16H19N3O2/c20-16(19-6-2-1-3-7-19)18-11-13-9-14(12-17-10-13)15-5-4-8-21-15/h4-5,8-10,12H,1-3,6-7,11H2,(H,18,20). The number of carbonyl (C=O) groups excluding carboxylic acids is 1. The molecule has 1 aliphatic rings. The highest BCUT2D eigenvalue weighted by atomic mass is 16.3. The Bertz CT molecular complexity index is 589. The van der Waals surface area contributed by atoms with E-state index >= 15 is 0 Å². The summed E-state index contributed by atoms with van der Waals surface area (Å²) in [5.41, 5.74) is 1.89. The summed E-state index contributed by atoms with van der Waals surface area (Å²) < 4.78 is 5.36. The smallest absolute Gasteiger partial charge is 0.317 e. The molecule has 2 aromatic heterocycles. The predicted molar refractivity (Wildman–Crippen MR) is 79.6 cm³/mol. The van der Waals surface area contributed by atoms with Crippen LogP contribution in [0, 0.1) is 0 Å². The molecule has 0 atom stereocenters. The van der Waals surface area contributed by atoms with Crippen molar-refractivity contribution in [2.75, 3.05) is 13.1 Å². The number of carbonyl (C=O) groups is 1. The fraction of sp³-hybridized carbons (Fsp3) is 0.375. The number of piperidine rings is 1. The van der Waals surface area contributed by atoms with Gasteiger partial charge in [-0.15, -0.1) is 0 Å². The fourth-order valence-corrected chi connectivity index (χ4v) is 2.55. The van der Waals surface area contributed by atoms with Gasteiger partial charge in [-0.1, -0.05) is 0 Å². The first kappa shape index (κ1) is 13.7. The summed E-state index contributed by atoms with van der Waals surface area (Å²) in [5, 5.41) is 2.96. The summed E-state index contributed by atoms with van der Waals surface area (Å²) in [4.78, 5) is 18.1. The van der Waals surface area contributed by atoms with Crippen molar-refractivity contribution in [2.24, 2.45) is 0 Å². The van der Waals surface area contributed by atoms with E-state index in [1.54, 1.807) is 18.7 Å². The van der Waals surface area contributed by atoms with E-state index in [4.69, 9.17) is 4.42 Å². The van der Waals surface area contributed by atoms with Crippen molar-refractivity contribution in [3.63, 3.8) is 0 Å². The number of rotatable bonds is 3. The number of hydrogen-bond donors (Lipinski definition) is 1. The number of nitrogens with zero attached hydrogens (tertiary/aromatic N) is 2. The molecule has 0 radical (unpaired) electrons. The van der Waals surface area contributed by atoms with Gasteiger partial charge in [0.1, 0.15) is 5.76 Å². The summed E-state index contributed by atoms with van der Waals surface area (Å²) in [6.07, 6.45) is 8.59. The molecule has 110 valence electrons. The van der Waals surface area contributed by atoms with E-state index in [2.05, 4.69) is 10.3 Å². The zero-order chi connectivity index (χ0) is 14.5. The number of pyridine rings is 1. The molecule has 1 saturated heterocycles. The van der Waals surface area contributed by atoms with Crippen LogP contribution in [0.25, 0.3) is 11.3 Å². The maximum atomic E-state index is 12.1. The van der Waals surface area contributed by atoms with Crippen molar-refractivity contribution in [1.82, 2.24) is 15.2 Å². The lowest BCUT2D eigenvalue weighted by molar-refractivity contribution is 0.186. The van der Waals surface area contributed by atoms with Crippen LogP contribution in [0.15, 0.2) is 41.3 Å². The van der Waals surface area contributed by atoms with Gasteiger partial charge >= 0.3 is 6.03 Å². The van der Waals surface area contributed by atoms with Crippen LogP contribution in [0.5, 0.6) is 0 Å². The van der Waals surface area contributed by atoms with Gasteiger partial charge in [-0.25, -0.2) is 4.79 Å². The minimum atomic E-state index is 0.0121. The lowest BCUT2D eigenvalue weighted by atomic mass is 10.1. The predicted octanol–water partition coefficient (Wildman–Crippen LogP) is 3.04. The van der Waals surface area contributed by atoms with Gasteiger partial charge < -0.3 is 14.6 Å². The van der Waals surface area contributed by atoms with Crippen molar-refractivity contribution in [1.29, 1.82) is 0 Å². The third kappa shape index (κ3) is 3.42. The topological polar surface area (TPSA) is 58.4 Å². The molecule has 5 nitrogen and oxygen atoms in total. The van der Waals surface area contributed by atoms with E-state index in [1.807, 2.05) is 23.1 Å². The second-order valence-electron chi connectivity index (χ2n) is 5.27. The highest BCUT2D eigenvalue weighted by Crippen LogP contribution is 2.19. The molecular weight excluding hydrogens is 266 g/mol. The Hall–Kier alpha value is -2.30. The second kappa shape index (κ2) is 6.43. The third-order valence-electron chi connectivity index (χ3n) is 3.69. The van der Waals surface area contributed by atoms with Crippen LogP contribution >= 0.6 is 0 Å². The molecule has 2 aromatic rings. The molecule has 3 heterocycles. The number of furan rings is 1. The van der Waals surface area contributed by atoms with Crippen LogP contribution in [-0.2, 0) is 6.54 Å². The lowest BCUT2D eigenvalue weighted by Crippen LogP contribution is -2.42. The zero-order valence-electron chi connectivity index (χ0n) is 11.9. The number of hydrogen-bond acceptors (Lipinski definition) is 3. The van der Waals surface area contributed by atoms with Crippen LogP contribution < -0.4 is 5.32 Å². The minimum absolute atomic E-state index is 0.0121. The Balaban J connectivity index is 1.60. The number of nitrogens with one attached hydrogen (secondary N) is 1. The summed E-state index contributed by atoms with van der Waals surface area (Å²) in [6.45, 7) is 2.20. The highest BCUT2D eigenvalue weighted by molar-refractivity contribution is 5.74. The molecule has 1 N–H and O–H groups in total. The van der Waals surface area contributed by atoms with E-state index < -0.39 is 0 Å². The van der Waals surface area contributed by atoms with Crippen molar-refractivity contribution in [3.05, 3.63) is 42.4 Å². The van der Waals surface area contributed by atoms with Gasteiger partial charge in [-0.2, -0.15) is 0 Å². The molecule has 0 aromatic carbocycles. The average molecular weight is 285 g/mol. The Morgan fingerprint density at radius 3 is 2.90 bits per heavy atom. The normalized spacial score (nSPS) is 15.0. The summed E-state index contributed by atoms with van der Waals surface area (Å²) in [5.74, 6) is 0.784. The molecule has 0 unspecified atom stereocenters. The molecular formula is C16H19N3O2. The van der Waals surface area contributed by atoms with Gasteiger partial charge in [-0.05, 0) is 43.0 Å². The molecule has 1 fully saturated rings. The quantitative estimate of drug-likeness (QED) is 0.943. The molecule has 21 heavy (non-hydrogen) atoms. The van der Waals surface area contributed by atoms with E-state index in [9.17, 15) is 4.79 Å². The molecule has 3 rings (SSSR count). The summed E-state index contributed by atoms with van der Waals surface area (Å²) in [6, 6.07) is 5.74. The molecule has 0 saturated carbocycles. The van der Waals surface area contributed by atoms with Gasteiger partial charge in [0.2, 0.25) is 0 Å². The Morgan fingerprint density at radius 1 is 1.29 bits per heavy atom. The fourth-order valence-electron chi connectivity index (χ4n) is 2.55. The Labute approximate surface area is 124 Å². The van der Waals surface area contributed by atoms with Gasteiger partial charge in [0.15, 0.2) is 0 Å². The largest absolute Gasteiger partial charge is 0.464 e. The highest BCUT2D eigenvalue weighted by Gasteiger charge is 2.15. The monoisotopic (exact) mass is 285 g/mol. The molecule has 1 aliphatic heterocycles. The number of amides is 2. The van der Waals surface area contributed by atoms with Gasteiger partial charge in [0, 0.05) is 37.6 Å². The van der Waals surface area contributed by atoms with Crippen LogP contribution in [0.2, 0.25) is 0 Å². The molecule has 0 bridgehead atoms. The molecule has 5 heteroatoms. The van der Waals surface area contributed by atoms with Crippen LogP contribution in [0.4, 0.5) is 4.79 Å².